The molecule has 2 aromatic rings. The second kappa shape index (κ2) is 4.40. The van der Waals surface area contributed by atoms with Crippen LogP contribution in [-0.4, -0.2) is 19.8 Å². The van der Waals surface area contributed by atoms with Crippen LogP contribution in [0.15, 0.2) is 30.7 Å². The first-order valence-corrected chi connectivity index (χ1v) is 5.30. The third kappa shape index (κ3) is 2.25. The van der Waals surface area contributed by atoms with Crippen molar-refractivity contribution in [3.8, 4) is 0 Å². The summed E-state index contributed by atoms with van der Waals surface area (Å²) in [6, 6.07) is 3.83. The molecule has 0 unspecified atom stereocenters. The summed E-state index contributed by atoms with van der Waals surface area (Å²) in [6.07, 6.45) is 5.47. The van der Waals surface area contributed by atoms with Crippen molar-refractivity contribution in [2.45, 2.75) is 13.5 Å². The fourth-order valence-electron chi connectivity index (χ4n) is 1.52. The van der Waals surface area contributed by atoms with Crippen molar-refractivity contribution >= 4 is 17.2 Å². The first-order chi connectivity index (χ1) is 7.66. The van der Waals surface area contributed by atoms with Gasteiger partial charge in [0.1, 0.15) is 10.7 Å². The monoisotopic (exact) mass is 232 g/mol. The highest BCUT2D eigenvalue weighted by Crippen LogP contribution is 2.08. The van der Waals surface area contributed by atoms with Gasteiger partial charge in [-0.05, 0) is 18.6 Å². The van der Waals surface area contributed by atoms with Crippen LogP contribution in [0.4, 0.5) is 0 Å². The van der Waals surface area contributed by atoms with E-state index in [-0.39, 0.29) is 0 Å². The number of thiocarbonyl (C=S) groups is 1. The minimum atomic E-state index is 0.319. The molecule has 0 aliphatic rings. The van der Waals surface area contributed by atoms with Crippen LogP contribution in [0.3, 0.4) is 0 Å². The molecule has 0 atom stereocenters. The summed E-state index contributed by atoms with van der Waals surface area (Å²) < 4.78 is 1.84. The van der Waals surface area contributed by atoms with Crippen LogP contribution in [0.5, 0.6) is 0 Å². The standard InChI is InChI=1S/C11H12N4S/c1-8-5-14-15(6-8)7-9-3-2-4-13-10(9)11(12)16/h2-6H,7H2,1H3,(H2,12,16). The molecule has 0 radical (unpaired) electrons. The Labute approximate surface area is 99.1 Å². The largest absolute Gasteiger partial charge is 0.388 e. The Morgan fingerprint density at radius 1 is 1.56 bits per heavy atom. The summed E-state index contributed by atoms with van der Waals surface area (Å²) in [4.78, 5) is 4.49. The second-order valence-corrected chi connectivity index (χ2v) is 4.03. The first kappa shape index (κ1) is 10.8. The summed E-state index contributed by atoms with van der Waals surface area (Å²) in [6.45, 7) is 2.63. The van der Waals surface area contributed by atoms with Crippen LogP contribution >= 0.6 is 12.2 Å². The quantitative estimate of drug-likeness (QED) is 0.810. The van der Waals surface area contributed by atoms with E-state index >= 15 is 0 Å². The Morgan fingerprint density at radius 2 is 2.38 bits per heavy atom. The maximum absolute atomic E-state index is 5.61. The molecule has 0 fully saturated rings. The molecule has 0 aliphatic heterocycles. The number of nitrogens with zero attached hydrogens (tertiary/aromatic N) is 3. The molecular formula is C11H12N4S. The third-order valence-corrected chi connectivity index (χ3v) is 2.41. The van der Waals surface area contributed by atoms with Gasteiger partial charge in [0, 0.05) is 18.0 Å². The van der Waals surface area contributed by atoms with Gasteiger partial charge in [-0.3, -0.25) is 9.67 Å². The van der Waals surface area contributed by atoms with Gasteiger partial charge >= 0.3 is 0 Å². The SMILES string of the molecule is Cc1cnn(Cc2cccnc2C(N)=S)c1. The zero-order valence-electron chi connectivity index (χ0n) is 8.92. The van der Waals surface area contributed by atoms with Gasteiger partial charge in [0.2, 0.25) is 0 Å². The molecule has 2 N–H and O–H groups in total. The fraction of sp³-hybridized carbons (Fsp3) is 0.182. The topological polar surface area (TPSA) is 56.7 Å². The van der Waals surface area contributed by atoms with Crippen molar-refractivity contribution in [3.05, 3.63) is 47.5 Å². The molecule has 4 nitrogen and oxygen atoms in total. The van der Waals surface area contributed by atoms with Gasteiger partial charge in [-0.25, -0.2) is 0 Å². The normalized spacial score (nSPS) is 10.3. The Bertz CT molecular complexity index is 518. The van der Waals surface area contributed by atoms with E-state index < -0.39 is 0 Å². The zero-order chi connectivity index (χ0) is 11.5. The molecule has 2 heterocycles. The van der Waals surface area contributed by atoms with E-state index in [4.69, 9.17) is 18.0 Å². The Hall–Kier alpha value is -1.75. The molecule has 0 aromatic carbocycles. The number of hydrogen-bond donors (Lipinski definition) is 1. The molecule has 16 heavy (non-hydrogen) atoms. The van der Waals surface area contributed by atoms with Crippen molar-refractivity contribution in [2.24, 2.45) is 5.73 Å². The van der Waals surface area contributed by atoms with Gasteiger partial charge in [-0.15, -0.1) is 0 Å². The third-order valence-electron chi connectivity index (χ3n) is 2.22. The van der Waals surface area contributed by atoms with Gasteiger partial charge in [0.15, 0.2) is 0 Å². The van der Waals surface area contributed by atoms with Crippen LogP contribution in [0.25, 0.3) is 0 Å². The lowest BCUT2D eigenvalue weighted by Gasteiger charge is -2.06. The lowest BCUT2D eigenvalue weighted by Crippen LogP contribution is -2.16. The summed E-state index contributed by atoms with van der Waals surface area (Å²) in [5.41, 5.74) is 8.39. The maximum atomic E-state index is 5.61. The molecule has 0 spiro atoms. The Morgan fingerprint density at radius 3 is 3.00 bits per heavy atom. The summed E-state index contributed by atoms with van der Waals surface area (Å²) >= 11 is 4.96. The number of hydrogen-bond acceptors (Lipinski definition) is 3. The fourth-order valence-corrected chi connectivity index (χ4v) is 1.70. The van der Waals surface area contributed by atoms with E-state index in [0.717, 1.165) is 11.1 Å². The molecular weight excluding hydrogens is 220 g/mol. The number of pyridine rings is 1. The number of rotatable bonds is 3. The average Bonchev–Trinajstić information content (AvgIpc) is 2.64. The zero-order valence-corrected chi connectivity index (χ0v) is 9.74. The minimum absolute atomic E-state index is 0.319. The van der Waals surface area contributed by atoms with E-state index in [0.29, 0.717) is 17.2 Å². The molecule has 0 aliphatic carbocycles. The van der Waals surface area contributed by atoms with Gasteiger partial charge < -0.3 is 5.73 Å². The van der Waals surface area contributed by atoms with E-state index in [1.165, 1.54) is 0 Å². The number of nitrogens with two attached hydrogens (primary N) is 1. The predicted molar refractivity (Wildman–Crippen MR) is 66.2 cm³/mol. The van der Waals surface area contributed by atoms with Crippen molar-refractivity contribution < 1.29 is 0 Å². The predicted octanol–water partition coefficient (Wildman–Crippen LogP) is 1.27. The van der Waals surface area contributed by atoms with Crippen LogP contribution in [-0.2, 0) is 6.54 Å². The Balaban J connectivity index is 2.31. The molecule has 0 amide bonds. The second-order valence-electron chi connectivity index (χ2n) is 3.59. The van der Waals surface area contributed by atoms with Gasteiger partial charge in [-0.1, -0.05) is 18.3 Å². The lowest BCUT2D eigenvalue weighted by molar-refractivity contribution is 0.683. The highest BCUT2D eigenvalue weighted by molar-refractivity contribution is 7.80. The average molecular weight is 232 g/mol. The van der Waals surface area contributed by atoms with E-state index in [9.17, 15) is 0 Å². The Kier molecular flexibility index (Phi) is 2.96. The number of aryl methyl sites for hydroxylation is 1. The lowest BCUT2D eigenvalue weighted by atomic mass is 10.2. The number of aromatic nitrogens is 3. The van der Waals surface area contributed by atoms with Crippen molar-refractivity contribution in [1.82, 2.24) is 14.8 Å². The summed E-state index contributed by atoms with van der Waals surface area (Å²) in [5, 5.41) is 4.22. The van der Waals surface area contributed by atoms with Gasteiger partial charge in [-0.2, -0.15) is 5.10 Å². The maximum Gasteiger partial charge on any atom is 0.123 e. The molecule has 5 heteroatoms. The van der Waals surface area contributed by atoms with Gasteiger partial charge in [0.25, 0.3) is 0 Å². The van der Waals surface area contributed by atoms with Crippen LogP contribution in [0.2, 0.25) is 0 Å². The van der Waals surface area contributed by atoms with Gasteiger partial charge in [0.05, 0.1) is 12.7 Å². The van der Waals surface area contributed by atoms with E-state index in [1.54, 1.807) is 6.20 Å². The van der Waals surface area contributed by atoms with Crippen LogP contribution in [0.1, 0.15) is 16.8 Å². The highest BCUT2D eigenvalue weighted by Gasteiger charge is 2.06. The van der Waals surface area contributed by atoms with E-state index in [2.05, 4.69) is 10.1 Å². The summed E-state index contributed by atoms with van der Waals surface area (Å²) in [7, 11) is 0. The van der Waals surface area contributed by atoms with Crippen molar-refractivity contribution in [2.75, 3.05) is 0 Å². The highest BCUT2D eigenvalue weighted by atomic mass is 32.1. The summed E-state index contributed by atoms with van der Waals surface area (Å²) in [5.74, 6) is 0. The molecule has 2 aromatic heterocycles. The molecule has 0 bridgehead atoms. The van der Waals surface area contributed by atoms with Crippen LogP contribution < -0.4 is 5.73 Å². The smallest absolute Gasteiger partial charge is 0.123 e. The van der Waals surface area contributed by atoms with E-state index in [1.807, 2.05) is 36.1 Å². The molecule has 2 rings (SSSR count). The van der Waals surface area contributed by atoms with Crippen molar-refractivity contribution in [1.29, 1.82) is 0 Å². The minimum Gasteiger partial charge on any atom is -0.388 e. The first-order valence-electron chi connectivity index (χ1n) is 4.89. The van der Waals surface area contributed by atoms with Crippen LogP contribution in [0, 0.1) is 6.92 Å². The molecule has 0 saturated carbocycles. The van der Waals surface area contributed by atoms with Crippen molar-refractivity contribution in [3.63, 3.8) is 0 Å². The molecule has 0 saturated heterocycles. The molecule has 82 valence electrons.